The number of fused-ring (bicyclic) bond motifs is 1. The predicted molar refractivity (Wildman–Crippen MR) is 121 cm³/mol. The summed E-state index contributed by atoms with van der Waals surface area (Å²) < 4.78 is 2.01. The number of nitrogens with zero attached hydrogens (tertiary/aromatic N) is 6. The van der Waals surface area contributed by atoms with Gasteiger partial charge in [-0.15, -0.1) is 0 Å². The van der Waals surface area contributed by atoms with Crippen LogP contribution in [0.2, 0.25) is 10.0 Å². The van der Waals surface area contributed by atoms with Crippen LogP contribution in [0.15, 0.2) is 55.0 Å². The molecule has 1 aliphatic heterocycles. The molecule has 0 unspecified atom stereocenters. The van der Waals surface area contributed by atoms with E-state index in [1.807, 2.05) is 40.9 Å². The molecular formula is C23H18Cl2N6. The monoisotopic (exact) mass is 448 g/mol. The lowest BCUT2D eigenvalue weighted by Crippen LogP contribution is -2.24. The van der Waals surface area contributed by atoms with E-state index in [9.17, 15) is 0 Å². The van der Waals surface area contributed by atoms with Gasteiger partial charge in [-0.3, -0.25) is 9.38 Å². The Labute approximate surface area is 189 Å². The van der Waals surface area contributed by atoms with E-state index in [-0.39, 0.29) is 0 Å². The molecular weight excluding hydrogens is 431 g/mol. The van der Waals surface area contributed by atoms with Gasteiger partial charge in [0.25, 0.3) is 0 Å². The third-order valence-corrected chi connectivity index (χ3v) is 6.15. The van der Waals surface area contributed by atoms with Gasteiger partial charge in [0.05, 0.1) is 16.3 Å². The highest BCUT2D eigenvalue weighted by Gasteiger charge is 2.26. The van der Waals surface area contributed by atoms with Gasteiger partial charge >= 0.3 is 0 Å². The van der Waals surface area contributed by atoms with Gasteiger partial charge in [-0.1, -0.05) is 23.2 Å². The van der Waals surface area contributed by atoms with Crippen LogP contribution in [0.5, 0.6) is 0 Å². The molecule has 31 heavy (non-hydrogen) atoms. The smallest absolute Gasteiger partial charge is 0.211 e. The molecule has 0 saturated carbocycles. The molecule has 1 aromatic carbocycles. The van der Waals surface area contributed by atoms with Crippen molar-refractivity contribution >= 4 is 34.8 Å². The fourth-order valence-corrected chi connectivity index (χ4v) is 4.56. The molecule has 0 amide bonds. The molecule has 1 saturated heterocycles. The van der Waals surface area contributed by atoms with Crippen molar-refractivity contribution in [3.63, 3.8) is 0 Å². The van der Waals surface area contributed by atoms with Crippen molar-refractivity contribution in [1.82, 2.24) is 19.4 Å². The summed E-state index contributed by atoms with van der Waals surface area (Å²) in [5.41, 5.74) is 4.01. The van der Waals surface area contributed by atoms with E-state index >= 15 is 0 Å². The molecule has 5 rings (SSSR count). The van der Waals surface area contributed by atoms with Crippen molar-refractivity contribution in [2.24, 2.45) is 5.92 Å². The first-order chi connectivity index (χ1) is 15.1. The molecule has 154 valence electrons. The van der Waals surface area contributed by atoms with Crippen LogP contribution >= 0.6 is 23.2 Å². The number of nitriles is 1. The molecule has 1 aliphatic rings. The Kier molecular flexibility index (Phi) is 5.23. The van der Waals surface area contributed by atoms with E-state index in [0.29, 0.717) is 21.5 Å². The molecule has 0 N–H and O–H groups in total. The molecule has 3 aromatic heterocycles. The fraction of sp³-hybridized carbons (Fsp3) is 0.217. The van der Waals surface area contributed by atoms with Crippen molar-refractivity contribution in [3.8, 4) is 17.3 Å². The number of imidazole rings is 1. The van der Waals surface area contributed by atoms with Gasteiger partial charge in [-0.05, 0) is 49.1 Å². The van der Waals surface area contributed by atoms with E-state index in [1.54, 1.807) is 18.5 Å². The molecule has 1 atom stereocenters. The van der Waals surface area contributed by atoms with Crippen LogP contribution in [0.25, 0.3) is 16.9 Å². The average molecular weight is 449 g/mol. The number of rotatable bonds is 4. The zero-order chi connectivity index (χ0) is 21.4. The number of aromatic nitrogens is 4. The minimum atomic E-state index is 0.462. The number of pyridine rings is 1. The highest BCUT2D eigenvalue weighted by Crippen LogP contribution is 2.32. The van der Waals surface area contributed by atoms with E-state index in [4.69, 9.17) is 33.4 Å². The molecule has 4 aromatic rings. The largest absolute Gasteiger partial charge is 0.342 e. The van der Waals surface area contributed by atoms with Gasteiger partial charge in [0, 0.05) is 54.0 Å². The highest BCUT2D eigenvalue weighted by atomic mass is 35.5. The summed E-state index contributed by atoms with van der Waals surface area (Å²) in [6, 6.07) is 13.2. The Morgan fingerprint density at radius 3 is 2.81 bits per heavy atom. The zero-order valence-corrected chi connectivity index (χ0v) is 18.1. The maximum Gasteiger partial charge on any atom is 0.211 e. The summed E-state index contributed by atoms with van der Waals surface area (Å²) in [5.74, 6) is 1.31. The summed E-state index contributed by atoms with van der Waals surface area (Å²) in [6.07, 6.45) is 7.27. The normalized spacial score (nSPS) is 16.0. The molecule has 0 radical (unpaired) electrons. The average Bonchev–Trinajstić information content (AvgIpc) is 3.43. The standard InChI is InChI=1S/C23H18Cl2N6/c24-17-2-4-19(20(25)10-17)21-11-22-27-6-8-31(22)23(29-21)30-7-5-15(14-30)9-18-3-1-16(12-26)13-28-18/h1-4,6,8,10-11,13,15H,5,7,9,14H2/t15-/m1/s1. The minimum Gasteiger partial charge on any atom is -0.342 e. The first-order valence-electron chi connectivity index (χ1n) is 10.0. The topological polar surface area (TPSA) is 70.1 Å². The van der Waals surface area contributed by atoms with Crippen LogP contribution in [-0.4, -0.2) is 32.4 Å². The van der Waals surface area contributed by atoms with Crippen LogP contribution in [0.3, 0.4) is 0 Å². The number of anilines is 1. The van der Waals surface area contributed by atoms with Crippen molar-refractivity contribution < 1.29 is 0 Å². The van der Waals surface area contributed by atoms with Gasteiger partial charge in [-0.2, -0.15) is 5.26 Å². The van der Waals surface area contributed by atoms with Crippen molar-refractivity contribution in [2.45, 2.75) is 12.8 Å². The molecule has 8 heteroatoms. The van der Waals surface area contributed by atoms with Gasteiger partial charge in [-0.25, -0.2) is 9.97 Å². The Hall–Kier alpha value is -3.14. The minimum absolute atomic E-state index is 0.462. The van der Waals surface area contributed by atoms with Crippen molar-refractivity contribution in [2.75, 3.05) is 18.0 Å². The zero-order valence-electron chi connectivity index (χ0n) is 16.5. The van der Waals surface area contributed by atoms with Gasteiger partial charge in [0.15, 0.2) is 0 Å². The second kappa shape index (κ2) is 8.18. The summed E-state index contributed by atoms with van der Waals surface area (Å²) in [5, 5.41) is 10.1. The van der Waals surface area contributed by atoms with E-state index in [0.717, 1.165) is 54.5 Å². The molecule has 0 spiro atoms. The Morgan fingerprint density at radius 1 is 1.13 bits per heavy atom. The van der Waals surface area contributed by atoms with Crippen molar-refractivity contribution in [1.29, 1.82) is 5.26 Å². The lowest BCUT2D eigenvalue weighted by atomic mass is 10.0. The first kappa shape index (κ1) is 19.8. The van der Waals surface area contributed by atoms with Crippen molar-refractivity contribution in [3.05, 3.63) is 76.3 Å². The number of benzene rings is 1. The summed E-state index contributed by atoms with van der Waals surface area (Å²) in [4.78, 5) is 16.1. The number of hydrogen-bond donors (Lipinski definition) is 0. The number of hydrogen-bond acceptors (Lipinski definition) is 5. The third-order valence-electron chi connectivity index (χ3n) is 5.60. The van der Waals surface area contributed by atoms with Crippen LogP contribution < -0.4 is 4.90 Å². The highest BCUT2D eigenvalue weighted by molar-refractivity contribution is 6.36. The predicted octanol–water partition coefficient (Wildman–Crippen LogP) is 5.04. The maximum absolute atomic E-state index is 8.95. The van der Waals surface area contributed by atoms with Gasteiger partial charge in [0.2, 0.25) is 5.95 Å². The number of halogens is 2. The quantitative estimate of drug-likeness (QED) is 0.437. The van der Waals surface area contributed by atoms with Crippen LogP contribution in [0, 0.1) is 17.2 Å². The van der Waals surface area contributed by atoms with Gasteiger partial charge in [0.1, 0.15) is 11.7 Å². The SMILES string of the molecule is N#Cc1ccc(C[C@H]2CCN(c3nc(-c4ccc(Cl)cc4Cl)cc4nccn34)C2)nc1. The molecule has 6 nitrogen and oxygen atoms in total. The van der Waals surface area contributed by atoms with Crippen LogP contribution in [0.4, 0.5) is 5.95 Å². The molecule has 4 heterocycles. The first-order valence-corrected chi connectivity index (χ1v) is 10.8. The van der Waals surface area contributed by atoms with Gasteiger partial charge < -0.3 is 4.90 Å². The summed E-state index contributed by atoms with van der Waals surface area (Å²) in [7, 11) is 0. The van der Waals surface area contributed by atoms with Crippen LogP contribution in [-0.2, 0) is 6.42 Å². The van der Waals surface area contributed by atoms with E-state index in [2.05, 4.69) is 20.9 Å². The summed E-state index contributed by atoms with van der Waals surface area (Å²) >= 11 is 12.5. The maximum atomic E-state index is 8.95. The Morgan fingerprint density at radius 2 is 2.03 bits per heavy atom. The third kappa shape index (κ3) is 3.95. The second-order valence-corrected chi connectivity index (χ2v) is 8.52. The Bertz CT molecular complexity index is 1290. The lowest BCUT2D eigenvalue weighted by molar-refractivity contribution is 0.577. The van der Waals surface area contributed by atoms with Crippen LogP contribution in [0.1, 0.15) is 17.7 Å². The molecule has 1 fully saturated rings. The Balaban J connectivity index is 1.43. The van der Waals surface area contributed by atoms with E-state index in [1.165, 1.54) is 0 Å². The molecule has 0 aliphatic carbocycles. The lowest BCUT2D eigenvalue weighted by Gasteiger charge is -2.20. The summed E-state index contributed by atoms with van der Waals surface area (Å²) in [6.45, 7) is 1.78. The van der Waals surface area contributed by atoms with E-state index < -0.39 is 0 Å². The molecule has 0 bridgehead atoms. The second-order valence-electron chi connectivity index (χ2n) is 7.68. The fourth-order valence-electron chi connectivity index (χ4n) is 4.05.